The molecule has 9 nitrogen and oxygen atoms in total. The van der Waals surface area contributed by atoms with Crippen LogP contribution in [0, 0.1) is 0 Å². The summed E-state index contributed by atoms with van der Waals surface area (Å²) in [6.07, 6.45) is 0.0418. The zero-order valence-corrected chi connectivity index (χ0v) is 18.0. The van der Waals surface area contributed by atoms with Gasteiger partial charge in [0.1, 0.15) is 5.75 Å². The Bertz CT molecular complexity index is 1220. The Morgan fingerprint density at radius 3 is 2.53 bits per heavy atom. The minimum Gasteiger partial charge on any atom is -0.495 e. The van der Waals surface area contributed by atoms with Crippen LogP contribution in [0.2, 0.25) is 5.02 Å². The SMILES string of the molecule is COc1cc(C(=O)c2ccc(N3C(=O)c4c(NC(=O)O)cnn4CC3C)cc2)ccc1Cl. The molecular formula is C22H19ClN4O5. The van der Waals surface area contributed by atoms with Crippen LogP contribution in [0.1, 0.15) is 33.3 Å². The summed E-state index contributed by atoms with van der Waals surface area (Å²) in [5, 5.41) is 15.7. The highest BCUT2D eigenvalue weighted by molar-refractivity contribution is 6.32. The smallest absolute Gasteiger partial charge is 0.409 e. The molecule has 0 fully saturated rings. The van der Waals surface area contributed by atoms with Crippen LogP contribution in [0.4, 0.5) is 16.2 Å². The standard InChI is InChI=1S/C22H19ClN4O5/c1-12-11-26-19(17(10-24-26)25-22(30)31)21(29)27(12)15-6-3-13(4-7-15)20(28)14-5-8-16(23)18(9-14)32-2/h3-10,12,25H,11H2,1-2H3,(H,30,31). The molecule has 1 aliphatic heterocycles. The number of aromatic nitrogens is 2. The van der Waals surface area contributed by atoms with Crippen molar-refractivity contribution in [2.24, 2.45) is 0 Å². The van der Waals surface area contributed by atoms with Crippen LogP contribution in [0.5, 0.6) is 5.75 Å². The number of ether oxygens (including phenoxy) is 1. The summed E-state index contributed by atoms with van der Waals surface area (Å²) in [5.41, 5.74) is 1.74. The second kappa shape index (κ2) is 8.35. The minimum atomic E-state index is -1.28. The van der Waals surface area contributed by atoms with Crippen LogP contribution in [-0.4, -0.2) is 45.8 Å². The second-order valence-electron chi connectivity index (χ2n) is 7.27. The molecule has 32 heavy (non-hydrogen) atoms. The number of benzene rings is 2. The normalized spacial score (nSPS) is 15.3. The maximum absolute atomic E-state index is 13.2. The molecule has 0 bridgehead atoms. The fourth-order valence-electron chi connectivity index (χ4n) is 3.72. The van der Waals surface area contributed by atoms with Crippen LogP contribution < -0.4 is 15.0 Å². The second-order valence-corrected chi connectivity index (χ2v) is 7.68. The maximum atomic E-state index is 13.2. The molecule has 2 amide bonds. The number of carbonyl (C=O) groups excluding carboxylic acids is 2. The van der Waals surface area contributed by atoms with Crippen molar-refractivity contribution in [3.05, 3.63) is 70.5 Å². The molecule has 0 saturated heterocycles. The van der Waals surface area contributed by atoms with Gasteiger partial charge >= 0.3 is 6.09 Å². The van der Waals surface area contributed by atoms with E-state index in [1.165, 1.54) is 18.0 Å². The minimum absolute atomic E-state index is 0.128. The Kier molecular flexibility index (Phi) is 5.58. The third-order valence-corrected chi connectivity index (χ3v) is 5.51. The number of carbonyl (C=O) groups is 3. The molecule has 1 atom stereocenters. The van der Waals surface area contributed by atoms with Gasteiger partial charge in [0.25, 0.3) is 5.91 Å². The summed E-state index contributed by atoms with van der Waals surface area (Å²) in [4.78, 5) is 38.6. The monoisotopic (exact) mass is 454 g/mol. The number of carboxylic acid groups (broad SMARTS) is 1. The van der Waals surface area contributed by atoms with Gasteiger partial charge in [-0.3, -0.25) is 19.6 Å². The number of methoxy groups -OCH3 is 1. The van der Waals surface area contributed by atoms with Crippen LogP contribution in [0.25, 0.3) is 0 Å². The van der Waals surface area contributed by atoms with E-state index in [0.717, 1.165) is 0 Å². The number of hydrogen-bond donors (Lipinski definition) is 2. The molecule has 1 aliphatic rings. The van der Waals surface area contributed by atoms with Gasteiger partial charge in [-0.2, -0.15) is 5.10 Å². The number of hydrogen-bond acceptors (Lipinski definition) is 5. The fourth-order valence-corrected chi connectivity index (χ4v) is 3.91. The molecule has 1 aromatic heterocycles. The van der Waals surface area contributed by atoms with Crippen molar-refractivity contribution in [3.63, 3.8) is 0 Å². The van der Waals surface area contributed by atoms with Gasteiger partial charge in [0.15, 0.2) is 11.5 Å². The van der Waals surface area contributed by atoms with E-state index < -0.39 is 6.09 Å². The largest absolute Gasteiger partial charge is 0.495 e. The molecule has 1 unspecified atom stereocenters. The van der Waals surface area contributed by atoms with E-state index in [-0.39, 0.29) is 29.1 Å². The average molecular weight is 455 g/mol. The van der Waals surface area contributed by atoms with Crippen LogP contribution in [0.15, 0.2) is 48.7 Å². The first-order chi connectivity index (χ1) is 15.3. The van der Waals surface area contributed by atoms with Gasteiger partial charge in [-0.05, 0) is 49.4 Å². The van der Waals surface area contributed by atoms with Crippen LogP contribution in [0.3, 0.4) is 0 Å². The molecule has 2 aromatic carbocycles. The molecule has 4 rings (SSSR count). The lowest BCUT2D eigenvalue weighted by Crippen LogP contribution is -2.47. The summed E-state index contributed by atoms with van der Waals surface area (Å²) >= 11 is 6.03. The first kappa shape index (κ1) is 21.4. The van der Waals surface area contributed by atoms with Crippen molar-refractivity contribution in [1.82, 2.24) is 9.78 Å². The van der Waals surface area contributed by atoms with Gasteiger partial charge in [0.05, 0.1) is 36.6 Å². The third-order valence-electron chi connectivity index (χ3n) is 5.20. The molecular weight excluding hydrogens is 436 g/mol. The van der Waals surface area contributed by atoms with Crippen molar-refractivity contribution in [2.75, 3.05) is 17.3 Å². The molecule has 0 aliphatic carbocycles. The van der Waals surface area contributed by atoms with Gasteiger partial charge < -0.3 is 14.7 Å². The van der Waals surface area contributed by atoms with Gasteiger partial charge in [0, 0.05) is 16.8 Å². The van der Waals surface area contributed by atoms with E-state index in [2.05, 4.69) is 10.4 Å². The van der Waals surface area contributed by atoms with Crippen molar-refractivity contribution in [2.45, 2.75) is 19.5 Å². The molecule has 164 valence electrons. The zero-order chi connectivity index (χ0) is 23.0. The van der Waals surface area contributed by atoms with E-state index >= 15 is 0 Å². The van der Waals surface area contributed by atoms with E-state index in [1.54, 1.807) is 47.4 Å². The Morgan fingerprint density at radius 2 is 1.88 bits per heavy atom. The zero-order valence-electron chi connectivity index (χ0n) is 17.2. The van der Waals surface area contributed by atoms with E-state index in [0.29, 0.717) is 34.1 Å². The van der Waals surface area contributed by atoms with Gasteiger partial charge in [-0.1, -0.05) is 11.6 Å². The number of halogens is 1. The number of amides is 2. The highest BCUT2D eigenvalue weighted by Gasteiger charge is 2.34. The van der Waals surface area contributed by atoms with Crippen molar-refractivity contribution < 1.29 is 24.2 Å². The molecule has 2 N–H and O–H groups in total. The summed E-state index contributed by atoms with van der Waals surface area (Å²) in [5.74, 6) is -0.189. The highest BCUT2D eigenvalue weighted by Crippen LogP contribution is 2.30. The van der Waals surface area contributed by atoms with Crippen molar-refractivity contribution in [3.8, 4) is 5.75 Å². The van der Waals surface area contributed by atoms with Crippen molar-refractivity contribution in [1.29, 1.82) is 0 Å². The van der Waals surface area contributed by atoms with E-state index in [9.17, 15) is 14.4 Å². The Labute approximate surface area is 188 Å². The average Bonchev–Trinajstić information content (AvgIpc) is 3.16. The molecule has 0 spiro atoms. The highest BCUT2D eigenvalue weighted by atomic mass is 35.5. The third kappa shape index (κ3) is 3.78. The fraction of sp³-hybridized carbons (Fsp3) is 0.182. The van der Waals surface area contributed by atoms with Crippen LogP contribution in [-0.2, 0) is 6.54 Å². The number of anilines is 2. The van der Waals surface area contributed by atoms with Gasteiger partial charge in [-0.25, -0.2) is 4.79 Å². The Morgan fingerprint density at radius 1 is 1.19 bits per heavy atom. The first-order valence-corrected chi connectivity index (χ1v) is 10.1. The first-order valence-electron chi connectivity index (χ1n) is 9.67. The Balaban J connectivity index is 1.61. The molecule has 0 saturated carbocycles. The molecule has 0 radical (unpaired) electrons. The molecule has 3 aromatic rings. The van der Waals surface area contributed by atoms with E-state index in [4.69, 9.17) is 21.4 Å². The van der Waals surface area contributed by atoms with E-state index in [1.807, 2.05) is 6.92 Å². The number of rotatable bonds is 5. The van der Waals surface area contributed by atoms with Gasteiger partial charge in [-0.15, -0.1) is 0 Å². The van der Waals surface area contributed by atoms with Crippen molar-refractivity contribution >= 4 is 40.8 Å². The number of nitrogens with one attached hydrogen (secondary N) is 1. The number of ketones is 1. The maximum Gasteiger partial charge on any atom is 0.409 e. The summed E-state index contributed by atoms with van der Waals surface area (Å²) < 4.78 is 6.66. The Hall–Kier alpha value is -3.85. The summed E-state index contributed by atoms with van der Waals surface area (Å²) in [7, 11) is 1.48. The molecule has 2 heterocycles. The number of nitrogens with zero attached hydrogens (tertiary/aromatic N) is 3. The lowest BCUT2D eigenvalue weighted by molar-refractivity contribution is 0.0947. The van der Waals surface area contributed by atoms with Gasteiger partial charge in [0.2, 0.25) is 0 Å². The lowest BCUT2D eigenvalue weighted by Gasteiger charge is -2.34. The topological polar surface area (TPSA) is 114 Å². The summed E-state index contributed by atoms with van der Waals surface area (Å²) in [6.45, 7) is 2.26. The lowest BCUT2D eigenvalue weighted by atomic mass is 10.0. The quantitative estimate of drug-likeness (QED) is 0.565. The predicted molar refractivity (Wildman–Crippen MR) is 118 cm³/mol. The van der Waals surface area contributed by atoms with Crippen LogP contribution >= 0.6 is 11.6 Å². The number of fused-ring (bicyclic) bond motifs is 1. The predicted octanol–water partition coefficient (Wildman–Crippen LogP) is 3.91. The summed E-state index contributed by atoms with van der Waals surface area (Å²) in [6, 6.07) is 11.2. The molecule has 10 heteroatoms.